The van der Waals surface area contributed by atoms with E-state index in [2.05, 4.69) is 0 Å². The lowest BCUT2D eigenvalue weighted by Gasteiger charge is -2.23. The van der Waals surface area contributed by atoms with Crippen LogP contribution < -0.4 is 4.31 Å². The molecular weight excluding hydrogens is 392 g/mol. The molecule has 0 bridgehead atoms. The molecular formula is C17H18N2O6S2. The van der Waals surface area contributed by atoms with Crippen molar-refractivity contribution in [2.75, 3.05) is 23.7 Å². The molecule has 0 atom stereocenters. The van der Waals surface area contributed by atoms with Gasteiger partial charge in [0.15, 0.2) is 0 Å². The van der Waals surface area contributed by atoms with Gasteiger partial charge in [0.1, 0.15) is 6.54 Å². The molecule has 27 heavy (non-hydrogen) atoms. The van der Waals surface area contributed by atoms with Gasteiger partial charge in [-0.15, -0.1) is 11.8 Å². The Labute approximate surface area is 161 Å². The summed E-state index contributed by atoms with van der Waals surface area (Å²) in [6, 6.07) is 11.2. The van der Waals surface area contributed by atoms with E-state index in [-0.39, 0.29) is 22.9 Å². The zero-order valence-corrected chi connectivity index (χ0v) is 16.3. The molecule has 0 saturated heterocycles. The number of carbonyl (C=O) groups excluding carboxylic acids is 1. The van der Waals surface area contributed by atoms with Crippen molar-refractivity contribution < 1.29 is 22.9 Å². The van der Waals surface area contributed by atoms with Crippen LogP contribution in [-0.4, -0.2) is 38.7 Å². The first kappa shape index (κ1) is 20.7. The van der Waals surface area contributed by atoms with Gasteiger partial charge >= 0.3 is 5.97 Å². The van der Waals surface area contributed by atoms with Crippen molar-refractivity contribution in [3.05, 3.63) is 58.6 Å². The normalized spacial score (nSPS) is 11.0. The number of carbonyl (C=O) groups is 1. The number of sulfonamides is 1. The van der Waals surface area contributed by atoms with E-state index in [1.54, 1.807) is 19.1 Å². The predicted molar refractivity (Wildman–Crippen MR) is 102 cm³/mol. The molecule has 0 amide bonds. The van der Waals surface area contributed by atoms with Gasteiger partial charge in [0, 0.05) is 17.0 Å². The summed E-state index contributed by atoms with van der Waals surface area (Å²) in [5.74, 6) is -0.756. The standard InChI is InChI=1S/C17H18N2O6S2/c1-3-25-17(20)12-18(13-5-4-6-14(11-13)19(21)22)27(23,24)16-9-7-15(26-2)8-10-16/h4-11H,3,12H2,1-2H3. The van der Waals surface area contributed by atoms with Gasteiger partial charge in [0.2, 0.25) is 0 Å². The summed E-state index contributed by atoms with van der Waals surface area (Å²) >= 11 is 1.46. The lowest BCUT2D eigenvalue weighted by molar-refractivity contribution is -0.384. The number of hydrogen-bond donors (Lipinski definition) is 0. The number of rotatable bonds is 8. The Bertz CT molecular complexity index is 929. The molecule has 2 rings (SSSR count). The maximum absolute atomic E-state index is 13.1. The molecule has 0 aliphatic carbocycles. The molecule has 0 radical (unpaired) electrons. The average Bonchev–Trinajstić information content (AvgIpc) is 2.66. The van der Waals surface area contributed by atoms with Gasteiger partial charge in [-0.3, -0.25) is 19.2 Å². The van der Waals surface area contributed by atoms with Gasteiger partial charge in [0.25, 0.3) is 15.7 Å². The van der Waals surface area contributed by atoms with Crippen LogP contribution in [-0.2, 0) is 19.6 Å². The predicted octanol–water partition coefficient (Wildman–Crippen LogP) is 3.08. The molecule has 8 nitrogen and oxygen atoms in total. The molecule has 0 aliphatic heterocycles. The van der Waals surface area contributed by atoms with E-state index < -0.39 is 27.5 Å². The Morgan fingerprint density at radius 3 is 2.44 bits per heavy atom. The number of esters is 1. The second-order valence-electron chi connectivity index (χ2n) is 5.27. The first-order valence-electron chi connectivity index (χ1n) is 7.86. The van der Waals surface area contributed by atoms with Crippen LogP contribution in [0.15, 0.2) is 58.3 Å². The average molecular weight is 410 g/mol. The monoisotopic (exact) mass is 410 g/mol. The third kappa shape index (κ3) is 4.98. The van der Waals surface area contributed by atoms with Gasteiger partial charge in [-0.1, -0.05) is 6.07 Å². The molecule has 2 aromatic rings. The van der Waals surface area contributed by atoms with E-state index in [1.165, 1.54) is 42.1 Å². The van der Waals surface area contributed by atoms with Crippen molar-refractivity contribution in [2.45, 2.75) is 16.7 Å². The first-order valence-corrected chi connectivity index (χ1v) is 10.5. The van der Waals surface area contributed by atoms with Crippen molar-refractivity contribution >= 4 is 39.1 Å². The highest BCUT2D eigenvalue weighted by atomic mass is 32.2. The Hall–Kier alpha value is -2.59. The molecule has 144 valence electrons. The van der Waals surface area contributed by atoms with Crippen molar-refractivity contribution in [1.29, 1.82) is 0 Å². The highest BCUT2D eigenvalue weighted by Crippen LogP contribution is 2.28. The van der Waals surface area contributed by atoms with Gasteiger partial charge in [-0.05, 0) is 43.5 Å². The number of benzene rings is 2. The van der Waals surface area contributed by atoms with Crippen LogP contribution in [0.1, 0.15) is 6.92 Å². The van der Waals surface area contributed by atoms with Crippen LogP contribution in [0.25, 0.3) is 0 Å². The minimum Gasteiger partial charge on any atom is -0.465 e. The second kappa shape index (κ2) is 8.87. The molecule has 2 aromatic carbocycles. The quantitative estimate of drug-likeness (QED) is 0.285. The number of ether oxygens (including phenoxy) is 1. The molecule has 0 N–H and O–H groups in total. The molecule has 0 saturated carbocycles. The van der Waals surface area contributed by atoms with E-state index in [4.69, 9.17) is 4.74 Å². The summed E-state index contributed by atoms with van der Waals surface area (Å²) in [6.45, 7) is 1.09. The van der Waals surface area contributed by atoms with Crippen molar-refractivity contribution in [3.8, 4) is 0 Å². The lowest BCUT2D eigenvalue weighted by Crippen LogP contribution is -2.36. The maximum atomic E-state index is 13.1. The number of hydrogen-bond acceptors (Lipinski definition) is 7. The number of nitro groups is 1. The summed E-state index contributed by atoms with van der Waals surface area (Å²) < 4.78 is 31.9. The topological polar surface area (TPSA) is 107 Å². The minimum absolute atomic E-state index is 0.00574. The third-order valence-corrected chi connectivity index (χ3v) is 6.09. The highest BCUT2D eigenvalue weighted by molar-refractivity contribution is 7.98. The minimum atomic E-state index is -4.13. The molecule has 10 heteroatoms. The SMILES string of the molecule is CCOC(=O)CN(c1cccc([N+](=O)[O-])c1)S(=O)(=O)c1ccc(SC)cc1. The number of nitrogens with zero attached hydrogens (tertiary/aromatic N) is 2. The third-order valence-electron chi connectivity index (χ3n) is 3.55. The second-order valence-corrected chi connectivity index (χ2v) is 8.01. The lowest BCUT2D eigenvalue weighted by atomic mass is 10.3. The summed E-state index contributed by atoms with van der Waals surface area (Å²) in [5.41, 5.74) is -0.277. The fraction of sp³-hybridized carbons (Fsp3) is 0.235. The maximum Gasteiger partial charge on any atom is 0.326 e. The highest BCUT2D eigenvalue weighted by Gasteiger charge is 2.28. The Balaban J connectivity index is 2.52. The number of anilines is 1. The summed E-state index contributed by atoms with van der Waals surface area (Å²) in [6.07, 6.45) is 1.86. The van der Waals surface area contributed by atoms with Crippen LogP contribution in [0.2, 0.25) is 0 Å². The van der Waals surface area contributed by atoms with E-state index in [9.17, 15) is 23.3 Å². The van der Waals surface area contributed by atoms with Crippen molar-refractivity contribution in [2.24, 2.45) is 0 Å². The molecule has 0 aromatic heterocycles. The van der Waals surface area contributed by atoms with Gasteiger partial charge in [0.05, 0.1) is 22.1 Å². The summed E-state index contributed by atoms with van der Waals surface area (Å²) in [7, 11) is -4.13. The van der Waals surface area contributed by atoms with Crippen LogP contribution in [0.5, 0.6) is 0 Å². The van der Waals surface area contributed by atoms with E-state index in [0.717, 1.165) is 15.3 Å². The van der Waals surface area contributed by atoms with Crippen molar-refractivity contribution in [1.82, 2.24) is 0 Å². The molecule has 0 heterocycles. The molecule has 0 fully saturated rings. The zero-order chi connectivity index (χ0) is 20.0. The van der Waals surface area contributed by atoms with Crippen LogP contribution in [0, 0.1) is 10.1 Å². The Morgan fingerprint density at radius 1 is 1.22 bits per heavy atom. The van der Waals surface area contributed by atoms with Crippen LogP contribution in [0.3, 0.4) is 0 Å². The van der Waals surface area contributed by atoms with Gasteiger partial charge < -0.3 is 4.74 Å². The first-order chi connectivity index (χ1) is 12.8. The van der Waals surface area contributed by atoms with Gasteiger partial charge in [-0.25, -0.2) is 8.42 Å². The number of non-ortho nitro benzene ring substituents is 1. The summed E-state index contributed by atoms with van der Waals surface area (Å²) in [5, 5.41) is 11.0. The number of nitro benzene ring substituents is 1. The van der Waals surface area contributed by atoms with Crippen LogP contribution >= 0.6 is 11.8 Å². The van der Waals surface area contributed by atoms with Crippen molar-refractivity contribution in [3.63, 3.8) is 0 Å². The van der Waals surface area contributed by atoms with E-state index in [1.807, 2.05) is 6.26 Å². The largest absolute Gasteiger partial charge is 0.465 e. The smallest absolute Gasteiger partial charge is 0.326 e. The van der Waals surface area contributed by atoms with Gasteiger partial charge in [-0.2, -0.15) is 0 Å². The molecule has 0 aliphatic rings. The fourth-order valence-corrected chi connectivity index (χ4v) is 4.08. The Morgan fingerprint density at radius 2 is 1.89 bits per heavy atom. The van der Waals surface area contributed by atoms with E-state index in [0.29, 0.717) is 0 Å². The summed E-state index contributed by atoms with van der Waals surface area (Å²) in [4.78, 5) is 23.2. The van der Waals surface area contributed by atoms with E-state index >= 15 is 0 Å². The zero-order valence-electron chi connectivity index (χ0n) is 14.7. The van der Waals surface area contributed by atoms with Crippen LogP contribution in [0.4, 0.5) is 11.4 Å². The fourth-order valence-electron chi connectivity index (χ4n) is 2.28. The Kier molecular flexibility index (Phi) is 6.81. The molecule has 0 spiro atoms. The molecule has 0 unspecified atom stereocenters. The number of thioether (sulfide) groups is 1.